The molecule has 0 radical (unpaired) electrons. The third-order valence-electron chi connectivity index (χ3n) is 5.34. The number of piperidine rings is 1. The molecule has 0 atom stereocenters. The molecule has 1 amide bonds. The van der Waals surface area contributed by atoms with Gasteiger partial charge >= 0.3 is 0 Å². The van der Waals surface area contributed by atoms with Crippen LogP contribution in [0.4, 0.5) is 14.5 Å². The largest absolute Gasteiger partial charge is 0.492 e. The van der Waals surface area contributed by atoms with E-state index in [1.807, 2.05) is 5.10 Å². The Morgan fingerprint density at radius 1 is 1.06 bits per heavy atom. The van der Waals surface area contributed by atoms with Crippen LogP contribution in [0.15, 0.2) is 48.5 Å². The zero-order valence-corrected chi connectivity index (χ0v) is 17.0. The van der Waals surface area contributed by atoms with Crippen molar-refractivity contribution >= 4 is 11.6 Å². The first-order chi connectivity index (χ1) is 15.1. The van der Waals surface area contributed by atoms with Crippen LogP contribution in [0.1, 0.15) is 29.6 Å². The Hall–Kier alpha value is -3.26. The first-order valence-electron chi connectivity index (χ1n) is 10.4. The van der Waals surface area contributed by atoms with E-state index in [0.717, 1.165) is 19.6 Å². The van der Waals surface area contributed by atoms with Gasteiger partial charge in [0.1, 0.15) is 18.1 Å². The maximum Gasteiger partial charge on any atom is 0.255 e. The Morgan fingerprint density at radius 2 is 1.81 bits per heavy atom. The molecule has 0 saturated carbocycles. The second-order valence-electron chi connectivity index (χ2n) is 7.48. The molecule has 4 rings (SSSR count). The van der Waals surface area contributed by atoms with E-state index in [1.54, 1.807) is 48.5 Å². The summed E-state index contributed by atoms with van der Waals surface area (Å²) >= 11 is 0. The van der Waals surface area contributed by atoms with E-state index in [9.17, 15) is 13.6 Å². The zero-order chi connectivity index (χ0) is 21.6. The molecule has 0 aliphatic carbocycles. The summed E-state index contributed by atoms with van der Waals surface area (Å²) in [5, 5.41) is 8.36. The Balaban J connectivity index is 1.37. The van der Waals surface area contributed by atoms with E-state index < -0.39 is 11.8 Å². The normalized spacial score (nSPS) is 14.4. The molecule has 3 aromatic rings. The second-order valence-corrected chi connectivity index (χ2v) is 7.48. The molecule has 2 N–H and O–H groups in total. The van der Waals surface area contributed by atoms with Crippen molar-refractivity contribution in [2.75, 3.05) is 31.6 Å². The summed E-state index contributed by atoms with van der Waals surface area (Å²) in [5.41, 5.74) is 0.851. The fourth-order valence-electron chi connectivity index (χ4n) is 3.66. The number of nitrogens with zero attached hydrogens (tertiary/aromatic N) is 2. The van der Waals surface area contributed by atoms with Crippen molar-refractivity contribution in [3.63, 3.8) is 0 Å². The topological polar surface area (TPSA) is 70.2 Å². The number of hydrogen-bond donors (Lipinski definition) is 2. The van der Waals surface area contributed by atoms with Gasteiger partial charge < -0.3 is 10.1 Å². The lowest BCUT2D eigenvalue weighted by molar-refractivity contribution is 0.102. The average Bonchev–Trinajstić information content (AvgIpc) is 3.13. The van der Waals surface area contributed by atoms with E-state index >= 15 is 0 Å². The van der Waals surface area contributed by atoms with Crippen LogP contribution in [-0.2, 0) is 0 Å². The summed E-state index contributed by atoms with van der Waals surface area (Å²) in [7, 11) is 0. The van der Waals surface area contributed by atoms with Crippen LogP contribution in [0.2, 0.25) is 0 Å². The number of aromatic amines is 1. The highest BCUT2D eigenvalue weighted by Crippen LogP contribution is 2.29. The van der Waals surface area contributed by atoms with Gasteiger partial charge in [-0.3, -0.25) is 9.69 Å². The fraction of sp³-hybridized carbons (Fsp3) is 0.304. The molecule has 2 aromatic carbocycles. The molecular weight excluding hydrogens is 402 g/mol. The van der Waals surface area contributed by atoms with Crippen molar-refractivity contribution in [3.8, 4) is 17.0 Å². The number of rotatable bonds is 7. The SMILES string of the molecule is O=C(Nc1ccccc1-c1n[nH]c(F)c1F)c1ccc(OCCN2CCCCC2)cc1. The highest BCUT2D eigenvalue weighted by Gasteiger charge is 2.18. The minimum absolute atomic E-state index is 0.189. The van der Waals surface area contributed by atoms with Crippen molar-refractivity contribution in [2.45, 2.75) is 19.3 Å². The number of ether oxygens (including phenoxy) is 1. The maximum atomic E-state index is 14.0. The van der Waals surface area contributed by atoms with Crippen molar-refractivity contribution in [1.29, 1.82) is 0 Å². The van der Waals surface area contributed by atoms with Gasteiger partial charge in [-0.2, -0.15) is 13.9 Å². The molecule has 8 heteroatoms. The van der Waals surface area contributed by atoms with Gasteiger partial charge in [0, 0.05) is 17.7 Å². The molecule has 31 heavy (non-hydrogen) atoms. The summed E-state index contributed by atoms with van der Waals surface area (Å²) in [4.78, 5) is 15.1. The van der Waals surface area contributed by atoms with Crippen LogP contribution >= 0.6 is 0 Å². The van der Waals surface area contributed by atoms with Gasteiger partial charge in [0.2, 0.25) is 11.8 Å². The predicted octanol–water partition coefficient (Wildman–Crippen LogP) is 4.47. The summed E-state index contributed by atoms with van der Waals surface area (Å²) < 4.78 is 33.1. The molecule has 0 unspecified atom stereocenters. The monoisotopic (exact) mass is 426 g/mol. The Bertz CT molecular complexity index is 1030. The molecule has 1 fully saturated rings. The molecule has 1 aromatic heterocycles. The van der Waals surface area contributed by atoms with E-state index in [0.29, 0.717) is 23.6 Å². The summed E-state index contributed by atoms with van der Waals surface area (Å²) in [5.74, 6) is -1.91. The van der Waals surface area contributed by atoms with Crippen molar-refractivity contribution < 1.29 is 18.3 Å². The van der Waals surface area contributed by atoms with Crippen LogP contribution < -0.4 is 10.1 Å². The van der Waals surface area contributed by atoms with Crippen LogP contribution in [0.25, 0.3) is 11.3 Å². The number of halogens is 2. The Morgan fingerprint density at radius 3 is 2.52 bits per heavy atom. The van der Waals surface area contributed by atoms with Crippen molar-refractivity contribution in [3.05, 3.63) is 65.9 Å². The number of carbonyl (C=O) groups is 1. The highest BCUT2D eigenvalue weighted by atomic mass is 19.2. The molecular formula is C23H24F2N4O2. The van der Waals surface area contributed by atoms with E-state index in [1.165, 1.54) is 19.3 Å². The van der Waals surface area contributed by atoms with Gasteiger partial charge in [-0.1, -0.05) is 24.6 Å². The summed E-state index contributed by atoms with van der Waals surface area (Å²) in [6.45, 7) is 3.74. The second kappa shape index (κ2) is 9.70. The first kappa shape index (κ1) is 21.0. The van der Waals surface area contributed by atoms with Crippen LogP contribution in [0, 0.1) is 11.8 Å². The van der Waals surface area contributed by atoms with Gasteiger partial charge in [-0.15, -0.1) is 0 Å². The third-order valence-corrected chi connectivity index (χ3v) is 5.34. The van der Waals surface area contributed by atoms with Gasteiger partial charge in [-0.25, -0.2) is 5.10 Å². The average molecular weight is 426 g/mol. The summed E-state index contributed by atoms with van der Waals surface area (Å²) in [6.07, 6.45) is 3.79. The zero-order valence-electron chi connectivity index (χ0n) is 17.0. The Kier molecular flexibility index (Phi) is 6.57. The number of benzene rings is 2. The summed E-state index contributed by atoms with van der Waals surface area (Å²) in [6, 6.07) is 13.4. The lowest BCUT2D eigenvalue weighted by Crippen LogP contribution is -2.33. The number of anilines is 1. The lowest BCUT2D eigenvalue weighted by atomic mass is 10.1. The molecule has 1 aliphatic heterocycles. The number of carbonyl (C=O) groups excluding carboxylic acids is 1. The molecule has 162 valence electrons. The number of likely N-dealkylation sites (tertiary alicyclic amines) is 1. The van der Waals surface area contributed by atoms with Gasteiger partial charge in [0.05, 0.1) is 5.69 Å². The molecule has 6 nitrogen and oxygen atoms in total. The smallest absolute Gasteiger partial charge is 0.255 e. The minimum Gasteiger partial charge on any atom is -0.492 e. The number of nitrogens with one attached hydrogen (secondary N) is 2. The third kappa shape index (κ3) is 5.08. The predicted molar refractivity (Wildman–Crippen MR) is 114 cm³/mol. The molecule has 0 bridgehead atoms. The van der Waals surface area contributed by atoms with Crippen LogP contribution in [0.5, 0.6) is 5.75 Å². The number of amides is 1. The number of H-pyrrole nitrogens is 1. The fourth-order valence-corrected chi connectivity index (χ4v) is 3.66. The van der Waals surface area contributed by atoms with E-state index in [2.05, 4.69) is 15.3 Å². The molecule has 1 aliphatic rings. The number of hydrogen-bond acceptors (Lipinski definition) is 4. The number of para-hydroxylation sites is 1. The van der Waals surface area contributed by atoms with Gasteiger partial charge in [-0.05, 0) is 56.3 Å². The first-order valence-corrected chi connectivity index (χ1v) is 10.4. The Labute approximate surface area is 179 Å². The van der Waals surface area contributed by atoms with Crippen LogP contribution in [0.3, 0.4) is 0 Å². The van der Waals surface area contributed by atoms with Crippen molar-refractivity contribution in [2.24, 2.45) is 0 Å². The standard InChI is InChI=1S/C23H24F2N4O2/c24-20-21(27-28-22(20)25)18-6-2-3-7-19(18)26-23(30)16-8-10-17(11-9-16)31-15-14-29-12-4-1-5-13-29/h2-3,6-11H,1,4-5,12-15H2,(H,26,30)(H,27,28). The van der Waals surface area contributed by atoms with Gasteiger partial charge in [0.15, 0.2) is 0 Å². The highest BCUT2D eigenvalue weighted by molar-refractivity contribution is 6.06. The van der Waals surface area contributed by atoms with Gasteiger partial charge in [0.25, 0.3) is 5.91 Å². The van der Waals surface area contributed by atoms with Crippen LogP contribution in [-0.4, -0.2) is 47.2 Å². The molecule has 1 saturated heterocycles. The minimum atomic E-state index is -1.15. The quantitative estimate of drug-likeness (QED) is 0.585. The van der Waals surface area contributed by atoms with E-state index in [-0.39, 0.29) is 17.2 Å². The lowest BCUT2D eigenvalue weighted by Gasteiger charge is -2.26. The van der Waals surface area contributed by atoms with E-state index in [4.69, 9.17) is 4.74 Å². The maximum absolute atomic E-state index is 14.0. The van der Waals surface area contributed by atoms with Crippen molar-refractivity contribution in [1.82, 2.24) is 15.1 Å². The molecule has 2 heterocycles. The number of aromatic nitrogens is 2. The molecule has 0 spiro atoms.